The second kappa shape index (κ2) is 7.24. The molecule has 5 heteroatoms. The topological polar surface area (TPSA) is 54.5 Å². The minimum absolute atomic E-state index is 0.313. The number of piperidine rings is 1. The Morgan fingerprint density at radius 1 is 1.50 bits per heavy atom. The van der Waals surface area contributed by atoms with Crippen molar-refractivity contribution in [3.63, 3.8) is 0 Å². The van der Waals surface area contributed by atoms with Gasteiger partial charge in [-0.1, -0.05) is 0 Å². The maximum atomic E-state index is 11.6. The molecule has 110 valence electrons. The monoisotopic (exact) mass is 277 g/mol. The third kappa shape index (κ3) is 3.70. The Labute approximate surface area is 120 Å². The second-order valence-electron chi connectivity index (χ2n) is 5.13. The van der Waals surface area contributed by atoms with Crippen LogP contribution in [0.5, 0.6) is 0 Å². The Morgan fingerprint density at radius 3 is 2.90 bits per heavy atom. The van der Waals surface area contributed by atoms with Gasteiger partial charge in [0, 0.05) is 19.3 Å². The van der Waals surface area contributed by atoms with Crippen LogP contribution in [0.1, 0.15) is 30.1 Å². The smallest absolute Gasteiger partial charge is 0.338 e. The molecular weight excluding hydrogens is 254 g/mol. The van der Waals surface area contributed by atoms with Crippen molar-refractivity contribution in [1.29, 1.82) is 0 Å². The van der Waals surface area contributed by atoms with Crippen LogP contribution in [0.15, 0.2) is 18.3 Å². The molecule has 1 aliphatic heterocycles. The van der Waals surface area contributed by atoms with E-state index in [1.807, 2.05) is 6.07 Å². The van der Waals surface area contributed by atoms with Crippen molar-refractivity contribution < 1.29 is 9.53 Å². The van der Waals surface area contributed by atoms with Gasteiger partial charge in [0.1, 0.15) is 5.82 Å². The summed E-state index contributed by atoms with van der Waals surface area (Å²) in [6, 6.07) is 3.50. The minimum Gasteiger partial charge on any atom is -0.465 e. The van der Waals surface area contributed by atoms with Crippen LogP contribution in [0.2, 0.25) is 0 Å². The number of methoxy groups -OCH3 is 1. The van der Waals surface area contributed by atoms with E-state index in [4.69, 9.17) is 4.74 Å². The van der Waals surface area contributed by atoms with Crippen molar-refractivity contribution in [3.05, 3.63) is 23.9 Å². The van der Waals surface area contributed by atoms with Crippen LogP contribution in [-0.2, 0) is 4.74 Å². The van der Waals surface area contributed by atoms with E-state index >= 15 is 0 Å². The van der Waals surface area contributed by atoms with Gasteiger partial charge in [-0.05, 0) is 50.9 Å². The van der Waals surface area contributed by atoms with E-state index in [2.05, 4.69) is 22.1 Å². The van der Waals surface area contributed by atoms with E-state index in [0.717, 1.165) is 32.0 Å². The number of carbonyl (C=O) groups is 1. The summed E-state index contributed by atoms with van der Waals surface area (Å²) in [6.07, 6.45) is 4.08. The molecule has 2 rings (SSSR count). The SMILES string of the molecule is CCN(CC1CCNCC1)c1cc(C(=O)OC)ccn1. The summed E-state index contributed by atoms with van der Waals surface area (Å²) >= 11 is 0. The molecular formula is C15H23N3O2. The molecule has 1 aliphatic rings. The number of esters is 1. The van der Waals surface area contributed by atoms with E-state index in [0.29, 0.717) is 11.5 Å². The highest BCUT2D eigenvalue weighted by Gasteiger charge is 2.18. The van der Waals surface area contributed by atoms with Gasteiger partial charge in [-0.2, -0.15) is 0 Å². The number of nitrogens with zero attached hydrogens (tertiary/aromatic N) is 2. The number of carbonyl (C=O) groups excluding carboxylic acids is 1. The third-order valence-electron chi connectivity index (χ3n) is 3.81. The molecule has 1 fully saturated rings. The zero-order valence-electron chi connectivity index (χ0n) is 12.3. The van der Waals surface area contributed by atoms with Crippen molar-refractivity contribution in [2.75, 3.05) is 38.2 Å². The predicted molar refractivity (Wildman–Crippen MR) is 79.1 cm³/mol. The summed E-state index contributed by atoms with van der Waals surface area (Å²) in [5.41, 5.74) is 0.557. The molecule has 1 saturated heterocycles. The molecule has 2 heterocycles. The Kier molecular flexibility index (Phi) is 5.35. The zero-order valence-corrected chi connectivity index (χ0v) is 12.3. The summed E-state index contributed by atoms with van der Waals surface area (Å²) < 4.78 is 4.76. The average molecular weight is 277 g/mol. The molecule has 1 aromatic rings. The van der Waals surface area contributed by atoms with Crippen LogP contribution in [0.4, 0.5) is 5.82 Å². The lowest BCUT2D eigenvalue weighted by Crippen LogP contribution is -2.36. The van der Waals surface area contributed by atoms with Crippen molar-refractivity contribution in [1.82, 2.24) is 10.3 Å². The van der Waals surface area contributed by atoms with Crippen LogP contribution in [0.3, 0.4) is 0 Å². The fraction of sp³-hybridized carbons (Fsp3) is 0.600. The first-order valence-corrected chi connectivity index (χ1v) is 7.24. The van der Waals surface area contributed by atoms with Crippen LogP contribution in [-0.4, -0.2) is 44.2 Å². The number of hydrogen-bond donors (Lipinski definition) is 1. The molecule has 20 heavy (non-hydrogen) atoms. The van der Waals surface area contributed by atoms with Crippen molar-refractivity contribution in [3.8, 4) is 0 Å². The normalized spacial score (nSPS) is 15.9. The lowest BCUT2D eigenvalue weighted by Gasteiger charge is -2.30. The highest BCUT2D eigenvalue weighted by molar-refractivity contribution is 5.90. The van der Waals surface area contributed by atoms with E-state index in [1.165, 1.54) is 20.0 Å². The minimum atomic E-state index is -0.313. The molecule has 0 aromatic carbocycles. The molecule has 0 saturated carbocycles. The van der Waals surface area contributed by atoms with Crippen LogP contribution in [0.25, 0.3) is 0 Å². The fourth-order valence-corrected chi connectivity index (χ4v) is 2.60. The van der Waals surface area contributed by atoms with E-state index in [9.17, 15) is 4.79 Å². The number of aromatic nitrogens is 1. The van der Waals surface area contributed by atoms with E-state index in [-0.39, 0.29) is 5.97 Å². The molecule has 0 bridgehead atoms. The molecule has 0 atom stereocenters. The van der Waals surface area contributed by atoms with Gasteiger partial charge in [-0.25, -0.2) is 9.78 Å². The summed E-state index contributed by atoms with van der Waals surface area (Å²) in [7, 11) is 1.40. The van der Waals surface area contributed by atoms with Crippen LogP contribution in [0, 0.1) is 5.92 Å². The summed E-state index contributed by atoms with van der Waals surface area (Å²) in [5.74, 6) is 1.24. The number of pyridine rings is 1. The first kappa shape index (κ1) is 14.8. The average Bonchev–Trinajstić information content (AvgIpc) is 2.53. The lowest BCUT2D eigenvalue weighted by atomic mass is 9.97. The standard InChI is InChI=1S/C15H23N3O2/c1-3-18(11-12-4-7-16-8-5-12)14-10-13(6-9-17-14)15(19)20-2/h6,9-10,12,16H,3-5,7-8,11H2,1-2H3. The highest BCUT2D eigenvalue weighted by Crippen LogP contribution is 2.19. The van der Waals surface area contributed by atoms with Gasteiger partial charge in [0.05, 0.1) is 12.7 Å². The van der Waals surface area contributed by atoms with Gasteiger partial charge < -0.3 is 15.0 Å². The number of nitrogens with one attached hydrogen (secondary N) is 1. The molecule has 5 nitrogen and oxygen atoms in total. The highest BCUT2D eigenvalue weighted by atomic mass is 16.5. The Hall–Kier alpha value is -1.62. The van der Waals surface area contributed by atoms with Gasteiger partial charge >= 0.3 is 5.97 Å². The lowest BCUT2D eigenvalue weighted by molar-refractivity contribution is 0.0600. The Morgan fingerprint density at radius 2 is 2.25 bits per heavy atom. The summed E-state index contributed by atoms with van der Waals surface area (Å²) in [4.78, 5) is 18.2. The first-order chi connectivity index (χ1) is 9.74. The van der Waals surface area contributed by atoms with Gasteiger partial charge in [-0.15, -0.1) is 0 Å². The Balaban J connectivity index is 2.08. The summed E-state index contributed by atoms with van der Waals surface area (Å²) in [6.45, 7) is 6.20. The number of hydrogen-bond acceptors (Lipinski definition) is 5. The van der Waals surface area contributed by atoms with Gasteiger partial charge in [-0.3, -0.25) is 0 Å². The molecule has 0 aliphatic carbocycles. The van der Waals surface area contributed by atoms with Gasteiger partial charge in [0.2, 0.25) is 0 Å². The maximum Gasteiger partial charge on any atom is 0.338 e. The molecule has 1 aromatic heterocycles. The molecule has 0 unspecified atom stereocenters. The second-order valence-corrected chi connectivity index (χ2v) is 5.13. The first-order valence-electron chi connectivity index (χ1n) is 7.24. The van der Waals surface area contributed by atoms with Crippen LogP contribution < -0.4 is 10.2 Å². The predicted octanol–water partition coefficient (Wildman–Crippen LogP) is 1.69. The van der Waals surface area contributed by atoms with E-state index < -0.39 is 0 Å². The van der Waals surface area contributed by atoms with Crippen LogP contribution >= 0.6 is 0 Å². The maximum absolute atomic E-state index is 11.6. The van der Waals surface area contributed by atoms with Gasteiger partial charge in [0.15, 0.2) is 0 Å². The van der Waals surface area contributed by atoms with E-state index in [1.54, 1.807) is 12.3 Å². The van der Waals surface area contributed by atoms with Crippen molar-refractivity contribution in [2.45, 2.75) is 19.8 Å². The molecule has 0 spiro atoms. The molecule has 1 N–H and O–H groups in total. The van der Waals surface area contributed by atoms with Crippen molar-refractivity contribution >= 4 is 11.8 Å². The number of rotatable bonds is 5. The van der Waals surface area contributed by atoms with Crippen molar-refractivity contribution in [2.24, 2.45) is 5.92 Å². The molecule has 0 radical (unpaired) electrons. The largest absolute Gasteiger partial charge is 0.465 e. The fourth-order valence-electron chi connectivity index (χ4n) is 2.60. The Bertz CT molecular complexity index is 444. The zero-order chi connectivity index (χ0) is 14.4. The number of anilines is 1. The number of ether oxygens (including phenoxy) is 1. The molecule has 0 amide bonds. The quantitative estimate of drug-likeness (QED) is 0.830. The summed E-state index contributed by atoms with van der Waals surface area (Å²) in [5, 5.41) is 3.38. The van der Waals surface area contributed by atoms with Gasteiger partial charge in [0.25, 0.3) is 0 Å². The third-order valence-corrected chi connectivity index (χ3v) is 3.81.